The number of carbonyl (C=O) groups is 4. The van der Waals surface area contributed by atoms with Gasteiger partial charge in [0.05, 0.1) is 23.4 Å². The van der Waals surface area contributed by atoms with Gasteiger partial charge in [0.2, 0.25) is 17.7 Å². The number of nitrogens with zero attached hydrogens (tertiary/aromatic N) is 2. The molecule has 0 bridgehead atoms. The third kappa shape index (κ3) is 3.79. The predicted molar refractivity (Wildman–Crippen MR) is 121 cm³/mol. The summed E-state index contributed by atoms with van der Waals surface area (Å²) in [6.45, 7) is 2.09. The van der Waals surface area contributed by atoms with Gasteiger partial charge in [0.15, 0.2) is 0 Å². The number of hydrogen-bond acceptors (Lipinski definition) is 5. The van der Waals surface area contributed by atoms with Crippen LogP contribution in [0.5, 0.6) is 5.75 Å². The Kier molecular flexibility index (Phi) is 5.51. The molecule has 0 saturated carbocycles. The Bertz CT molecular complexity index is 1190. The maximum atomic E-state index is 13.2. The normalized spacial score (nSPS) is 26.2. The van der Waals surface area contributed by atoms with Crippen LogP contribution in [0.4, 0.5) is 15.8 Å². The van der Waals surface area contributed by atoms with E-state index in [9.17, 15) is 23.6 Å². The Balaban J connectivity index is 1.25. The first-order chi connectivity index (χ1) is 16.3. The average molecular weight is 462 g/mol. The van der Waals surface area contributed by atoms with Gasteiger partial charge in [-0.3, -0.25) is 24.1 Å². The Labute approximate surface area is 195 Å². The molecule has 0 radical (unpaired) electrons. The Morgan fingerprint density at radius 3 is 2.32 bits per heavy atom. The number of imide groups is 1. The molecule has 8 heteroatoms. The van der Waals surface area contributed by atoms with E-state index in [2.05, 4.69) is 0 Å². The van der Waals surface area contributed by atoms with E-state index in [0.717, 1.165) is 0 Å². The lowest BCUT2D eigenvalue weighted by atomic mass is 9.78. The van der Waals surface area contributed by atoms with Crippen molar-refractivity contribution in [2.24, 2.45) is 23.7 Å². The number of amides is 3. The maximum absolute atomic E-state index is 13.2. The van der Waals surface area contributed by atoms with Crippen LogP contribution in [0.25, 0.3) is 0 Å². The minimum Gasteiger partial charge on any atom is -0.426 e. The van der Waals surface area contributed by atoms with Gasteiger partial charge in [-0.15, -0.1) is 0 Å². The molecule has 2 fully saturated rings. The minimum atomic E-state index is -0.656. The van der Waals surface area contributed by atoms with Crippen molar-refractivity contribution in [1.82, 2.24) is 0 Å². The van der Waals surface area contributed by atoms with Crippen molar-refractivity contribution in [3.05, 3.63) is 66.5 Å². The molecule has 0 N–H and O–H groups in total. The van der Waals surface area contributed by atoms with Gasteiger partial charge in [0.1, 0.15) is 11.6 Å². The Hall–Kier alpha value is -3.81. The minimum absolute atomic E-state index is 0.0000710. The monoisotopic (exact) mass is 462 g/mol. The highest BCUT2D eigenvalue weighted by molar-refractivity contribution is 6.22. The van der Waals surface area contributed by atoms with Crippen LogP contribution in [0.15, 0.2) is 60.7 Å². The SMILES string of the molecule is C[C@@H]1C=CC[C@@H]2C(=O)N(c3ccc(OC(=O)[C@@H]4CC(=O)N(c5ccc(F)cc5)C4)cc3)C(=O)[C@H]12. The zero-order valence-corrected chi connectivity index (χ0v) is 18.5. The highest BCUT2D eigenvalue weighted by atomic mass is 19.1. The lowest BCUT2D eigenvalue weighted by molar-refractivity contribution is -0.139. The smallest absolute Gasteiger partial charge is 0.316 e. The van der Waals surface area contributed by atoms with Crippen molar-refractivity contribution in [2.45, 2.75) is 19.8 Å². The van der Waals surface area contributed by atoms with Crippen LogP contribution in [0.3, 0.4) is 0 Å². The molecule has 2 saturated heterocycles. The van der Waals surface area contributed by atoms with Gasteiger partial charge < -0.3 is 9.64 Å². The molecular weight excluding hydrogens is 439 g/mol. The average Bonchev–Trinajstić information content (AvgIpc) is 3.33. The summed E-state index contributed by atoms with van der Waals surface area (Å²) < 4.78 is 18.6. The number of carbonyl (C=O) groups excluding carboxylic acids is 4. The van der Waals surface area contributed by atoms with Crippen molar-refractivity contribution in [1.29, 1.82) is 0 Å². The lowest BCUT2D eigenvalue weighted by Crippen LogP contribution is -2.31. The summed E-state index contributed by atoms with van der Waals surface area (Å²) in [5.41, 5.74) is 0.964. The van der Waals surface area contributed by atoms with Crippen molar-refractivity contribution >= 4 is 35.1 Å². The summed E-state index contributed by atoms with van der Waals surface area (Å²) in [6, 6.07) is 11.7. The largest absolute Gasteiger partial charge is 0.426 e. The van der Waals surface area contributed by atoms with Gasteiger partial charge in [-0.25, -0.2) is 4.39 Å². The highest BCUT2D eigenvalue weighted by Crippen LogP contribution is 2.40. The summed E-state index contributed by atoms with van der Waals surface area (Å²) in [5.74, 6) is -2.69. The topological polar surface area (TPSA) is 84.0 Å². The van der Waals surface area contributed by atoms with E-state index in [1.165, 1.54) is 46.2 Å². The third-order valence-electron chi connectivity index (χ3n) is 6.78. The zero-order valence-electron chi connectivity index (χ0n) is 18.5. The van der Waals surface area contributed by atoms with Crippen molar-refractivity contribution < 1.29 is 28.3 Å². The molecule has 0 unspecified atom stereocenters. The van der Waals surface area contributed by atoms with E-state index in [-0.39, 0.29) is 54.2 Å². The van der Waals surface area contributed by atoms with E-state index in [4.69, 9.17) is 4.74 Å². The molecular formula is C26H23FN2O5. The molecule has 3 aliphatic rings. The Morgan fingerprint density at radius 1 is 0.971 bits per heavy atom. The molecule has 34 heavy (non-hydrogen) atoms. The molecule has 0 spiro atoms. The van der Waals surface area contributed by atoms with Gasteiger partial charge in [-0.1, -0.05) is 19.1 Å². The van der Waals surface area contributed by atoms with Crippen LogP contribution in [-0.4, -0.2) is 30.2 Å². The molecule has 2 heterocycles. The third-order valence-corrected chi connectivity index (χ3v) is 6.78. The summed E-state index contributed by atoms with van der Waals surface area (Å²) in [7, 11) is 0. The molecule has 4 atom stereocenters. The van der Waals surface area contributed by atoms with Gasteiger partial charge in [-0.2, -0.15) is 0 Å². The summed E-state index contributed by atoms with van der Waals surface area (Å²) in [4.78, 5) is 53.5. The highest BCUT2D eigenvalue weighted by Gasteiger charge is 2.50. The number of ether oxygens (including phenoxy) is 1. The summed E-state index contributed by atoms with van der Waals surface area (Å²) in [5, 5.41) is 0. The van der Waals surface area contributed by atoms with Gasteiger partial charge in [-0.05, 0) is 60.9 Å². The van der Waals surface area contributed by atoms with E-state index in [1.54, 1.807) is 12.1 Å². The van der Waals surface area contributed by atoms with Crippen LogP contribution in [0.1, 0.15) is 19.8 Å². The molecule has 2 aliphatic heterocycles. The van der Waals surface area contributed by atoms with Gasteiger partial charge >= 0.3 is 5.97 Å². The lowest BCUT2D eigenvalue weighted by Gasteiger charge is -2.22. The first-order valence-electron chi connectivity index (χ1n) is 11.3. The molecule has 1 aliphatic carbocycles. The quantitative estimate of drug-likeness (QED) is 0.301. The van der Waals surface area contributed by atoms with Crippen molar-refractivity contribution in [2.75, 3.05) is 16.3 Å². The number of anilines is 2. The molecule has 3 amide bonds. The van der Waals surface area contributed by atoms with Gasteiger partial charge in [0.25, 0.3) is 0 Å². The molecule has 174 valence electrons. The zero-order chi connectivity index (χ0) is 24.0. The number of rotatable bonds is 4. The van der Waals surface area contributed by atoms with Crippen LogP contribution < -0.4 is 14.5 Å². The van der Waals surface area contributed by atoms with Crippen LogP contribution in [-0.2, 0) is 19.2 Å². The fourth-order valence-electron chi connectivity index (χ4n) is 5.00. The first kappa shape index (κ1) is 22.0. The van der Waals surface area contributed by atoms with Crippen molar-refractivity contribution in [3.8, 4) is 5.75 Å². The van der Waals surface area contributed by atoms with E-state index < -0.39 is 17.7 Å². The number of esters is 1. The van der Waals surface area contributed by atoms with Crippen LogP contribution in [0.2, 0.25) is 0 Å². The number of allylic oxidation sites excluding steroid dienone is 2. The van der Waals surface area contributed by atoms with Gasteiger partial charge in [0, 0.05) is 18.7 Å². The second-order valence-corrected chi connectivity index (χ2v) is 8.96. The first-order valence-corrected chi connectivity index (χ1v) is 11.3. The molecule has 0 aromatic heterocycles. The number of halogens is 1. The van der Waals surface area contributed by atoms with Crippen molar-refractivity contribution in [3.63, 3.8) is 0 Å². The molecule has 5 rings (SSSR count). The fourth-order valence-corrected chi connectivity index (χ4v) is 5.00. The maximum Gasteiger partial charge on any atom is 0.316 e. The fraction of sp³-hybridized carbons (Fsp3) is 0.308. The number of fused-ring (bicyclic) bond motifs is 1. The van der Waals surface area contributed by atoms with Crippen LogP contribution >= 0.6 is 0 Å². The molecule has 2 aromatic carbocycles. The van der Waals surface area contributed by atoms with Crippen LogP contribution in [0, 0.1) is 29.5 Å². The second-order valence-electron chi connectivity index (χ2n) is 8.96. The summed E-state index contributed by atoms with van der Waals surface area (Å²) >= 11 is 0. The standard InChI is InChI=1S/C26H23FN2O5/c1-15-3-2-4-21-23(15)25(32)29(24(21)31)19-9-11-20(12-10-19)34-26(33)16-13-22(30)28(14-16)18-7-5-17(27)6-8-18/h2-3,5-12,15-16,21,23H,4,13-14H2,1H3/t15-,16-,21+,23-/m1/s1. The Morgan fingerprint density at radius 2 is 1.65 bits per heavy atom. The molecule has 7 nitrogen and oxygen atoms in total. The predicted octanol–water partition coefficient (Wildman–Crippen LogP) is 3.49. The molecule has 2 aromatic rings. The second kappa shape index (κ2) is 8.52. The van der Waals surface area contributed by atoms with E-state index >= 15 is 0 Å². The number of benzene rings is 2. The summed E-state index contributed by atoms with van der Waals surface area (Å²) in [6.07, 6.45) is 4.48. The van der Waals surface area contributed by atoms with E-state index in [1.807, 2.05) is 19.1 Å². The number of hydrogen-bond donors (Lipinski definition) is 0. The van der Waals surface area contributed by atoms with E-state index in [0.29, 0.717) is 17.8 Å².